The molecule has 1 aromatic rings. The number of hydrogen-bond donors (Lipinski definition) is 3. The Balaban J connectivity index is 0.00000625. The van der Waals surface area contributed by atoms with Crippen LogP contribution < -0.4 is 16.0 Å². The maximum atomic E-state index is 11.5. The number of hydrogen-bond acceptors (Lipinski definition) is 4. The lowest BCUT2D eigenvalue weighted by atomic mass is 10.2. The first kappa shape index (κ1) is 24.3. The highest BCUT2D eigenvalue weighted by Crippen LogP contribution is 2.06. The maximum absolute atomic E-state index is 11.5. The molecule has 0 aliphatic heterocycles. The van der Waals surface area contributed by atoms with E-state index in [0.717, 1.165) is 18.6 Å². The van der Waals surface area contributed by atoms with Crippen LogP contribution >= 0.6 is 24.0 Å². The number of carbonyl (C=O) groups is 1. The van der Waals surface area contributed by atoms with Gasteiger partial charge in [0.05, 0.1) is 6.26 Å². The lowest BCUT2D eigenvalue weighted by molar-refractivity contribution is 0.0527. The number of carbonyl (C=O) groups excluding carboxylic acids is 1. The third-order valence-electron chi connectivity index (χ3n) is 2.93. The van der Waals surface area contributed by atoms with Crippen LogP contribution in [0.4, 0.5) is 4.79 Å². The minimum Gasteiger partial charge on any atom is -0.469 e. The third-order valence-corrected chi connectivity index (χ3v) is 2.93. The van der Waals surface area contributed by atoms with Crippen molar-refractivity contribution in [1.82, 2.24) is 16.0 Å². The predicted octanol–water partition coefficient (Wildman–Crippen LogP) is 3.08. The number of nitrogens with one attached hydrogen (secondary N) is 3. The van der Waals surface area contributed by atoms with Gasteiger partial charge in [0.15, 0.2) is 5.96 Å². The molecule has 0 atom stereocenters. The molecule has 0 aliphatic carbocycles. The molecule has 7 nitrogen and oxygen atoms in total. The zero-order chi connectivity index (χ0) is 18.5. The fraction of sp³-hybridized carbons (Fsp3) is 0.556. The molecule has 1 rings (SSSR count). The van der Waals surface area contributed by atoms with Gasteiger partial charge in [-0.05, 0) is 39.3 Å². The summed E-state index contributed by atoms with van der Waals surface area (Å²) in [5.74, 6) is 1.64. The highest BCUT2D eigenvalue weighted by Gasteiger charge is 2.15. The monoisotopic (exact) mass is 478 g/mol. The van der Waals surface area contributed by atoms with E-state index in [4.69, 9.17) is 9.15 Å². The van der Waals surface area contributed by atoms with Crippen LogP contribution in [0, 0.1) is 0 Å². The average molecular weight is 478 g/mol. The van der Waals surface area contributed by atoms with Gasteiger partial charge >= 0.3 is 6.09 Å². The van der Waals surface area contributed by atoms with Gasteiger partial charge < -0.3 is 25.1 Å². The summed E-state index contributed by atoms with van der Waals surface area (Å²) >= 11 is 0. The Morgan fingerprint density at radius 2 is 2.08 bits per heavy atom. The van der Waals surface area contributed by atoms with Crippen molar-refractivity contribution in [3.05, 3.63) is 36.8 Å². The van der Waals surface area contributed by atoms with Crippen LogP contribution in [0.2, 0.25) is 0 Å². The van der Waals surface area contributed by atoms with Crippen molar-refractivity contribution in [2.75, 3.05) is 26.2 Å². The van der Waals surface area contributed by atoms with Crippen LogP contribution in [0.15, 0.2) is 40.5 Å². The summed E-state index contributed by atoms with van der Waals surface area (Å²) in [7, 11) is 0. The molecule has 1 amide bonds. The van der Waals surface area contributed by atoms with E-state index in [9.17, 15) is 4.79 Å². The van der Waals surface area contributed by atoms with Gasteiger partial charge in [0.2, 0.25) is 0 Å². The number of halogens is 1. The van der Waals surface area contributed by atoms with E-state index in [2.05, 4.69) is 27.5 Å². The Labute approximate surface area is 173 Å². The van der Waals surface area contributed by atoms with E-state index in [-0.39, 0.29) is 24.0 Å². The number of rotatable bonds is 9. The molecule has 26 heavy (non-hydrogen) atoms. The summed E-state index contributed by atoms with van der Waals surface area (Å²) in [6.45, 7) is 11.6. The minimum atomic E-state index is -0.484. The fourth-order valence-corrected chi connectivity index (χ4v) is 1.88. The summed E-state index contributed by atoms with van der Waals surface area (Å²) in [5, 5.41) is 9.12. The Hall–Kier alpha value is -1.71. The van der Waals surface area contributed by atoms with Gasteiger partial charge in [-0.2, -0.15) is 0 Å². The topological polar surface area (TPSA) is 87.9 Å². The van der Waals surface area contributed by atoms with Crippen molar-refractivity contribution in [3.8, 4) is 0 Å². The molecule has 3 N–H and O–H groups in total. The van der Waals surface area contributed by atoms with Crippen LogP contribution in [0.5, 0.6) is 0 Å². The van der Waals surface area contributed by atoms with Crippen molar-refractivity contribution in [2.45, 2.75) is 39.2 Å². The van der Waals surface area contributed by atoms with E-state index in [1.807, 2.05) is 32.9 Å². The molecule has 8 heteroatoms. The number of nitrogens with zero attached hydrogens (tertiary/aromatic N) is 1. The molecule has 0 unspecified atom stereocenters. The smallest absolute Gasteiger partial charge is 0.407 e. The first-order chi connectivity index (χ1) is 11.9. The molecule has 0 spiro atoms. The van der Waals surface area contributed by atoms with E-state index >= 15 is 0 Å². The first-order valence-electron chi connectivity index (χ1n) is 8.53. The van der Waals surface area contributed by atoms with Gasteiger partial charge in [-0.15, -0.1) is 30.6 Å². The Bertz CT molecular complexity index is 539. The number of ether oxygens (including phenoxy) is 1. The molecule has 0 aromatic carbocycles. The molecule has 1 heterocycles. The van der Waals surface area contributed by atoms with Gasteiger partial charge in [-0.1, -0.05) is 6.08 Å². The molecule has 1 aromatic heterocycles. The molecule has 0 bridgehead atoms. The van der Waals surface area contributed by atoms with Gasteiger partial charge in [-0.25, -0.2) is 4.79 Å². The Morgan fingerprint density at radius 3 is 2.69 bits per heavy atom. The number of amides is 1. The van der Waals surface area contributed by atoms with Crippen LogP contribution in [-0.4, -0.2) is 43.8 Å². The quantitative estimate of drug-likeness (QED) is 0.167. The number of aliphatic imine (C=N–C) groups is 1. The second-order valence-corrected chi connectivity index (χ2v) is 6.44. The second-order valence-electron chi connectivity index (χ2n) is 6.44. The fourth-order valence-electron chi connectivity index (χ4n) is 1.88. The SMILES string of the molecule is C=CCNC(=NCCCNC(=O)OC(C)(C)C)NCCc1ccco1.I. The van der Waals surface area contributed by atoms with Crippen molar-refractivity contribution in [1.29, 1.82) is 0 Å². The molecule has 0 radical (unpaired) electrons. The Morgan fingerprint density at radius 1 is 1.31 bits per heavy atom. The van der Waals surface area contributed by atoms with Crippen molar-refractivity contribution in [3.63, 3.8) is 0 Å². The second kappa shape index (κ2) is 13.5. The number of furan rings is 1. The van der Waals surface area contributed by atoms with Gasteiger partial charge in [0.1, 0.15) is 11.4 Å². The molecule has 0 saturated carbocycles. The van der Waals surface area contributed by atoms with Crippen LogP contribution in [-0.2, 0) is 11.2 Å². The summed E-state index contributed by atoms with van der Waals surface area (Å²) in [5.41, 5.74) is -0.484. The lowest BCUT2D eigenvalue weighted by Gasteiger charge is -2.19. The average Bonchev–Trinajstić information content (AvgIpc) is 3.03. The summed E-state index contributed by atoms with van der Waals surface area (Å²) in [4.78, 5) is 16.0. The lowest BCUT2D eigenvalue weighted by Crippen LogP contribution is -2.38. The van der Waals surface area contributed by atoms with Gasteiger partial charge in [-0.3, -0.25) is 4.99 Å². The molecule has 0 aliphatic rings. The number of guanidine groups is 1. The molecule has 0 fully saturated rings. The Kier molecular flexibility index (Phi) is 12.6. The summed E-state index contributed by atoms with van der Waals surface area (Å²) in [6, 6.07) is 3.82. The zero-order valence-electron chi connectivity index (χ0n) is 15.8. The van der Waals surface area contributed by atoms with Crippen LogP contribution in [0.25, 0.3) is 0 Å². The van der Waals surface area contributed by atoms with Gasteiger partial charge in [0, 0.05) is 32.6 Å². The molecule has 148 valence electrons. The number of alkyl carbamates (subject to hydrolysis) is 1. The van der Waals surface area contributed by atoms with E-state index < -0.39 is 11.7 Å². The van der Waals surface area contributed by atoms with Gasteiger partial charge in [0.25, 0.3) is 0 Å². The maximum Gasteiger partial charge on any atom is 0.407 e. The molecular weight excluding hydrogens is 447 g/mol. The van der Waals surface area contributed by atoms with Crippen molar-refractivity contribution >= 4 is 36.0 Å². The molecular formula is C18H31IN4O3. The zero-order valence-corrected chi connectivity index (χ0v) is 18.2. The third kappa shape index (κ3) is 12.6. The van der Waals surface area contributed by atoms with E-state index in [1.54, 1.807) is 12.3 Å². The van der Waals surface area contributed by atoms with E-state index in [1.165, 1.54) is 0 Å². The minimum absolute atomic E-state index is 0. The van der Waals surface area contributed by atoms with Crippen LogP contribution in [0.3, 0.4) is 0 Å². The van der Waals surface area contributed by atoms with Crippen molar-refractivity contribution < 1.29 is 13.9 Å². The normalized spacial score (nSPS) is 11.3. The van der Waals surface area contributed by atoms with Crippen LogP contribution in [0.1, 0.15) is 33.0 Å². The summed E-state index contributed by atoms with van der Waals surface area (Å²) < 4.78 is 10.5. The first-order valence-corrected chi connectivity index (χ1v) is 8.53. The predicted molar refractivity (Wildman–Crippen MR) is 115 cm³/mol. The van der Waals surface area contributed by atoms with E-state index in [0.29, 0.717) is 32.1 Å². The highest BCUT2D eigenvalue weighted by molar-refractivity contribution is 14.0. The summed E-state index contributed by atoms with van der Waals surface area (Å²) in [6.07, 6.45) is 4.53. The largest absolute Gasteiger partial charge is 0.469 e. The standard InChI is InChI=1S/C18H30N4O3.HI/c1-5-10-19-16(21-13-9-15-8-6-14-24-15)20-11-7-12-22-17(23)25-18(2,3)4;/h5-6,8,14H,1,7,9-13H2,2-4H3,(H,22,23)(H2,19,20,21);1H. The van der Waals surface area contributed by atoms with Crippen molar-refractivity contribution in [2.24, 2.45) is 4.99 Å². The highest BCUT2D eigenvalue weighted by atomic mass is 127. The molecule has 0 saturated heterocycles.